The van der Waals surface area contributed by atoms with Crippen LogP contribution in [0.25, 0.3) is 11.3 Å². The number of aromatic nitrogens is 3. The van der Waals surface area contributed by atoms with E-state index in [1.807, 2.05) is 0 Å². The van der Waals surface area contributed by atoms with Gasteiger partial charge in [-0.1, -0.05) is 0 Å². The van der Waals surface area contributed by atoms with Crippen LogP contribution < -0.4 is 0 Å². The number of pyridine rings is 1. The van der Waals surface area contributed by atoms with Crippen LogP contribution in [0.2, 0.25) is 0 Å². The van der Waals surface area contributed by atoms with Crippen LogP contribution in [0.1, 0.15) is 16.9 Å². The van der Waals surface area contributed by atoms with E-state index in [0.717, 1.165) is 5.56 Å². The Balaban J connectivity index is 1.78. The minimum atomic E-state index is -0.694. The van der Waals surface area contributed by atoms with Gasteiger partial charge in [0.15, 0.2) is 0 Å². The molecule has 0 unspecified atom stereocenters. The highest BCUT2D eigenvalue weighted by Crippen LogP contribution is 2.18. The Hall–Kier alpha value is -2.25. The summed E-state index contributed by atoms with van der Waals surface area (Å²) in [5.74, 6) is -0.277. The van der Waals surface area contributed by atoms with E-state index in [9.17, 15) is 15.0 Å². The van der Waals surface area contributed by atoms with Gasteiger partial charge in [-0.2, -0.15) is 5.10 Å². The van der Waals surface area contributed by atoms with Crippen LogP contribution >= 0.6 is 0 Å². The summed E-state index contributed by atoms with van der Waals surface area (Å²) >= 11 is 0. The molecule has 1 amide bonds. The highest BCUT2D eigenvalue weighted by Gasteiger charge is 2.29. The fourth-order valence-electron chi connectivity index (χ4n) is 2.48. The summed E-state index contributed by atoms with van der Waals surface area (Å²) in [7, 11) is 0. The number of hydrogen-bond acceptors (Lipinski definition) is 5. The Kier molecular flexibility index (Phi) is 3.68. The summed E-state index contributed by atoms with van der Waals surface area (Å²) in [5, 5.41) is 26.1. The quantitative estimate of drug-likeness (QED) is 0.724. The maximum absolute atomic E-state index is 12.4. The second-order valence-corrected chi connectivity index (χ2v) is 5.16. The number of hydrogen-bond donors (Lipinski definition) is 3. The third-order valence-electron chi connectivity index (χ3n) is 3.48. The van der Waals surface area contributed by atoms with Crippen LogP contribution in [-0.4, -0.2) is 61.5 Å². The predicted molar refractivity (Wildman–Crippen MR) is 74.4 cm³/mol. The molecule has 1 aliphatic heterocycles. The van der Waals surface area contributed by atoms with Crippen molar-refractivity contribution in [1.82, 2.24) is 20.1 Å². The molecule has 110 valence electrons. The number of aromatic amines is 1. The Morgan fingerprint density at radius 1 is 1.24 bits per heavy atom. The van der Waals surface area contributed by atoms with Crippen molar-refractivity contribution in [3.8, 4) is 11.3 Å². The van der Waals surface area contributed by atoms with E-state index in [2.05, 4.69) is 15.2 Å². The molecule has 1 saturated heterocycles. The smallest absolute Gasteiger partial charge is 0.272 e. The van der Waals surface area contributed by atoms with E-state index in [1.54, 1.807) is 30.6 Å². The zero-order chi connectivity index (χ0) is 14.8. The number of H-pyrrole nitrogens is 1. The molecule has 0 saturated carbocycles. The lowest BCUT2D eigenvalue weighted by Crippen LogP contribution is -2.48. The number of β-amino-alcohol motifs (C(OH)–C–C–N with tert-alkyl or cyclic N) is 2. The molecule has 3 N–H and O–H groups in total. The van der Waals surface area contributed by atoms with Gasteiger partial charge in [0.1, 0.15) is 5.69 Å². The van der Waals surface area contributed by atoms with Crippen molar-refractivity contribution in [2.75, 3.05) is 13.1 Å². The van der Waals surface area contributed by atoms with Crippen molar-refractivity contribution in [3.63, 3.8) is 0 Å². The maximum atomic E-state index is 12.4. The summed E-state index contributed by atoms with van der Waals surface area (Å²) < 4.78 is 0. The highest BCUT2D eigenvalue weighted by molar-refractivity contribution is 5.93. The SMILES string of the molecule is O=C(c1cc(-c2ccncc2)n[nH]1)N1C[C@H](O)C[C@@H](O)C1. The molecular formula is C14H16N4O3. The maximum Gasteiger partial charge on any atom is 0.272 e. The Bertz CT molecular complexity index is 618. The molecule has 0 bridgehead atoms. The summed E-state index contributed by atoms with van der Waals surface area (Å²) in [6, 6.07) is 5.27. The van der Waals surface area contributed by atoms with Crippen molar-refractivity contribution in [2.24, 2.45) is 0 Å². The van der Waals surface area contributed by atoms with E-state index in [0.29, 0.717) is 17.8 Å². The van der Waals surface area contributed by atoms with Crippen molar-refractivity contribution in [1.29, 1.82) is 0 Å². The van der Waals surface area contributed by atoms with Crippen molar-refractivity contribution >= 4 is 5.91 Å². The fourth-order valence-corrected chi connectivity index (χ4v) is 2.48. The summed E-state index contributed by atoms with van der Waals surface area (Å²) in [6.45, 7) is 0.443. The molecule has 1 aliphatic rings. The fraction of sp³-hybridized carbons (Fsp3) is 0.357. The number of aliphatic hydroxyl groups is 2. The van der Waals surface area contributed by atoms with Crippen LogP contribution in [0.5, 0.6) is 0 Å². The summed E-state index contributed by atoms with van der Waals surface area (Å²) in [5.41, 5.74) is 1.85. The lowest BCUT2D eigenvalue weighted by molar-refractivity contribution is -0.00408. The summed E-state index contributed by atoms with van der Waals surface area (Å²) in [6.07, 6.45) is 2.22. The van der Waals surface area contributed by atoms with Crippen LogP contribution in [0.15, 0.2) is 30.6 Å². The molecule has 21 heavy (non-hydrogen) atoms. The van der Waals surface area contributed by atoms with Gasteiger partial charge in [0.2, 0.25) is 0 Å². The number of aliphatic hydroxyl groups excluding tert-OH is 2. The molecule has 7 nitrogen and oxygen atoms in total. The van der Waals surface area contributed by atoms with Crippen molar-refractivity contribution in [2.45, 2.75) is 18.6 Å². The second-order valence-electron chi connectivity index (χ2n) is 5.16. The van der Waals surface area contributed by atoms with E-state index >= 15 is 0 Å². The second kappa shape index (κ2) is 5.63. The predicted octanol–water partition coefficient (Wildman–Crippen LogP) is 0.0394. The number of carbonyl (C=O) groups excluding carboxylic acids is 1. The zero-order valence-electron chi connectivity index (χ0n) is 11.3. The first-order valence-electron chi connectivity index (χ1n) is 6.74. The minimum Gasteiger partial charge on any atom is -0.391 e. The van der Waals surface area contributed by atoms with Crippen LogP contribution in [0.3, 0.4) is 0 Å². The average Bonchev–Trinajstić information content (AvgIpc) is 2.96. The highest BCUT2D eigenvalue weighted by atomic mass is 16.3. The van der Waals surface area contributed by atoms with Gasteiger partial charge in [-0.25, -0.2) is 0 Å². The van der Waals surface area contributed by atoms with Gasteiger partial charge in [0.25, 0.3) is 5.91 Å². The molecule has 2 atom stereocenters. The number of nitrogens with zero attached hydrogens (tertiary/aromatic N) is 3. The molecule has 7 heteroatoms. The molecule has 1 fully saturated rings. The third kappa shape index (κ3) is 2.93. The molecule has 3 rings (SSSR count). The van der Waals surface area contributed by atoms with Gasteiger partial charge < -0.3 is 15.1 Å². The normalized spacial score (nSPS) is 22.3. The topological polar surface area (TPSA) is 102 Å². The standard InChI is InChI=1S/C14H16N4O3/c19-10-5-11(20)8-18(7-10)14(21)13-6-12(16-17-13)9-1-3-15-4-2-9/h1-4,6,10-11,19-20H,5,7-8H2,(H,16,17)/t10-,11-/m1/s1. The molecule has 0 aliphatic carbocycles. The molecule has 0 aromatic carbocycles. The Morgan fingerprint density at radius 2 is 1.90 bits per heavy atom. The average molecular weight is 288 g/mol. The molecule has 2 aromatic rings. The molecular weight excluding hydrogens is 272 g/mol. The first-order chi connectivity index (χ1) is 10.1. The minimum absolute atomic E-state index is 0.222. The van der Waals surface area contributed by atoms with Gasteiger partial charge in [-0.15, -0.1) is 0 Å². The lowest BCUT2D eigenvalue weighted by Gasteiger charge is -2.32. The zero-order valence-corrected chi connectivity index (χ0v) is 11.3. The van der Waals surface area contributed by atoms with Gasteiger partial charge in [0.05, 0.1) is 17.9 Å². The van der Waals surface area contributed by atoms with E-state index in [1.165, 1.54) is 4.90 Å². The third-order valence-corrected chi connectivity index (χ3v) is 3.48. The molecule has 0 spiro atoms. The molecule has 2 aromatic heterocycles. The van der Waals surface area contributed by atoms with Crippen LogP contribution in [0.4, 0.5) is 0 Å². The van der Waals surface area contributed by atoms with Crippen molar-refractivity contribution in [3.05, 3.63) is 36.3 Å². The number of amides is 1. The van der Waals surface area contributed by atoms with E-state index in [-0.39, 0.29) is 19.0 Å². The first kappa shape index (κ1) is 13.7. The van der Waals surface area contributed by atoms with E-state index < -0.39 is 12.2 Å². The van der Waals surface area contributed by atoms with Gasteiger partial charge in [-0.3, -0.25) is 14.9 Å². The van der Waals surface area contributed by atoms with Crippen molar-refractivity contribution < 1.29 is 15.0 Å². The Labute approximate surface area is 121 Å². The Morgan fingerprint density at radius 3 is 2.57 bits per heavy atom. The number of piperidine rings is 1. The number of nitrogens with one attached hydrogen (secondary N) is 1. The monoisotopic (exact) mass is 288 g/mol. The largest absolute Gasteiger partial charge is 0.391 e. The van der Waals surface area contributed by atoms with Gasteiger partial charge in [0, 0.05) is 37.5 Å². The lowest BCUT2D eigenvalue weighted by atomic mass is 10.1. The first-order valence-corrected chi connectivity index (χ1v) is 6.74. The number of rotatable bonds is 2. The van der Waals surface area contributed by atoms with Gasteiger partial charge >= 0.3 is 0 Å². The van der Waals surface area contributed by atoms with E-state index in [4.69, 9.17) is 0 Å². The van der Waals surface area contributed by atoms with Gasteiger partial charge in [-0.05, 0) is 18.2 Å². The van der Waals surface area contributed by atoms with Crippen LogP contribution in [-0.2, 0) is 0 Å². The molecule has 3 heterocycles. The van der Waals surface area contributed by atoms with Crippen LogP contribution in [0, 0.1) is 0 Å². The number of likely N-dealkylation sites (tertiary alicyclic amines) is 1. The summed E-state index contributed by atoms with van der Waals surface area (Å²) in [4.78, 5) is 17.7. The number of carbonyl (C=O) groups is 1. The molecule has 0 radical (unpaired) electrons.